The Morgan fingerprint density at radius 2 is 1.85 bits per heavy atom. The van der Waals surface area contributed by atoms with Gasteiger partial charge in [-0.05, 0) is 36.8 Å². The molecule has 0 aliphatic heterocycles. The monoisotopic (exact) mass is 372 g/mol. The van der Waals surface area contributed by atoms with Crippen LogP contribution in [0.15, 0.2) is 58.4 Å². The van der Waals surface area contributed by atoms with E-state index in [9.17, 15) is 18.0 Å². The number of nitrogens with zero attached hydrogens (tertiary/aromatic N) is 1. The number of aromatic nitrogens is 1. The zero-order valence-electron chi connectivity index (χ0n) is 14.1. The van der Waals surface area contributed by atoms with Crippen LogP contribution in [-0.4, -0.2) is 31.5 Å². The van der Waals surface area contributed by atoms with Crippen LogP contribution in [-0.2, 0) is 10.0 Å². The molecule has 0 bridgehead atoms. The number of carboxylic acids is 1. The number of hydrogen-bond acceptors (Lipinski definition) is 4. The van der Waals surface area contributed by atoms with E-state index in [0.717, 1.165) is 16.1 Å². The zero-order chi connectivity index (χ0) is 19.1. The average Bonchev–Trinajstić information content (AvgIpc) is 2.61. The third-order valence-electron chi connectivity index (χ3n) is 4.20. The Balaban J connectivity index is 2.18. The minimum atomic E-state index is -3.92. The number of hydrogen-bond donors (Lipinski definition) is 2. The number of aryl methyl sites for hydroxylation is 1. The summed E-state index contributed by atoms with van der Waals surface area (Å²) in [6, 6.07) is 11.0. The van der Waals surface area contributed by atoms with Crippen LogP contribution in [0.4, 0.5) is 5.69 Å². The summed E-state index contributed by atoms with van der Waals surface area (Å²) in [5, 5.41) is 9.08. The lowest BCUT2D eigenvalue weighted by Gasteiger charge is -2.21. The number of para-hydroxylation sites is 1. The van der Waals surface area contributed by atoms with Gasteiger partial charge in [-0.25, -0.2) is 13.2 Å². The maximum absolute atomic E-state index is 13.0. The van der Waals surface area contributed by atoms with Crippen molar-refractivity contribution in [2.24, 2.45) is 0 Å². The highest BCUT2D eigenvalue weighted by Crippen LogP contribution is 2.26. The summed E-state index contributed by atoms with van der Waals surface area (Å²) >= 11 is 0. The topological polar surface area (TPSA) is 108 Å². The molecule has 0 saturated carbocycles. The fraction of sp³-hybridized carbons (Fsp3) is 0.111. The summed E-state index contributed by atoms with van der Waals surface area (Å²) in [4.78, 5) is 26.1. The predicted octanol–water partition coefficient (Wildman–Crippen LogP) is 2.36. The van der Waals surface area contributed by atoms with E-state index in [-0.39, 0.29) is 10.3 Å². The molecule has 0 amide bonds. The minimum absolute atomic E-state index is 0.00385. The van der Waals surface area contributed by atoms with E-state index in [0.29, 0.717) is 11.2 Å². The fourth-order valence-corrected chi connectivity index (χ4v) is 4.01. The lowest BCUT2D eigenvalue weighted by atomic mass is 10.1. The summed E-state index contributed by atoms with van der Waals surface area (Å²) in [7, 11) is -2.49. The molecule has 1 aromatic heterocycles. The van der Waals surface area contributed by atoms with Gasteiger partial charge in [0, 0.05) is 24.1 Å². The summed E-state index contributed by atoms with van der Waals surface area (Å²) in [5.41, 5.74) is 0.477. The Morgan fingerprint density at radius 1 is 1.15 bits per heavy atom. The van der Waals surface area contributed by atoms with E-state index in [4.69, 9.17) is 5.11 Å². The number of carbonyl (C=O) groups is 1. The molecule has 0 aliphatic rings. The smallest absolute Gasteiger partial charge is 0.341 e. The van der Waals surface area contributed by atoms with Gasteiger partial charge in [0.15, 0.2) is 0 Å². The normalized spacial score (nSPS) is 11.5. The van der Waals surface area contributed by atoms with Crippen molar-refractivity contribution in [2.45, 2.75) is 11.8 Å². The fourth-order valence-electron chi connectivity index (χ4n) is 2.72. The second-order valence-electron chi connectivity index (χ2n) is 5.80. The molecule has 0 atom stereocenters. The molecule has 2 aromatic carbocycles. The van der Waals surface area contributed by atoms with Crippen molar-refractivity contribution in [1.82, 2.24) is 4.98 Å². The van der Waals surface area contributed by atoms with Crippen molar-refractivity contribution in [3.8, 4) is 0 Å². The average molecular weight is 372 g/mol. The summed E-state index contributed by atoms with van der Waals surface area (Å²) < 4.78 is 27.0. The first-order valence-electron chi connectivity index (χ1n) is 7.67. The Morgan fingerprint density at radius 3 is 2.50 bits per heavy atom. The van der Waals surface area contributed by atoms with E-state index in [1.54, 1.807) is 25.1 Å². The van der Waals surface area contributed by atoms with Crippen molar-refractivity contribution in [3.63, 3.8) is 0 Å². The van der Waals surface area contributed by atoms with Crippen molar-refractivity contribution in [2.75, 3.05) is 11.4 Å². The van der Waals surface area contributed by atoms with Crippen LogP contribution in [0, 0.1) is 6.92 Å². The second-order valence-corrected chi connectivity index (χ2v) is 7.77. The molecule has 0 unspecified atom stereocenters. The largest absolute Gasteiger partial charge is 0.477 e. The molecule has 3 rings (SSSR count). The van der Waals surface area contributed by atoms with E-state index in [1.165, 1.54) is 25.2 Å². The molecule has 3 aromatic rings. The Labute approximate surface area is 149 Å². The van der Waals surface area contributed by atoms with Gasteiger partial charge in [0.25, 0.3) is 10.0 Å². The van der Waals surface area contributed by atoms with Gasteiger partial charge in [0.2, 0.25) is 5.43 Å². The first-order valence-corrected chi connectivity index (χ1v) is 9.11. The van der Waals surface area contributed by atoms with Gasteiger partial charge in [-0.3, -0.25) is 9.10 Å². The van der Waals surface area contributed by atoms with Crippen LogP contribution in [0.1, 0.15) is 15.9 Å². The zero-order valence-corrected chi connectivity index (χ0v) is 14.9. The number of aromatic carboxylic acids is 1. The highest BCUT2D eigenvalue weighted by Gasteiger charge is 2.23. The van der Waals surface area contributed by atoms with Crippen LogP contribution >= 0.6 is 0 Å². The highest BCUT2D eigenvalue weighted by atomic mass is 32.2. The van der Waals surface area contributed by atoms with Gasteiger partial charge < -0.3 is 10.1 Å². The molecule has 0 radical (unpaired) electrons. The van der Waals surface area contributed by atoms with Crippen LogP contribution in [0.25, 0.3) is 10.9 Å². The third kappa shape index (κ3) is 2.84. The van der Waals surface area contributed by atoms with Crippen LogP contribution in [0.3, 0.4) is 0 Å². The van der Waals surface area contributed by atoms with Crippen molar-refractivity contribution in [3.05, 3.63) is 70.0 Å². The second kappa shape index (κ2) is 6.30. The number of anilines is 1. The quantitative estimate of drug-likeness (QED) is 0.731. The standard InChI is InChI=1S/C18H16N2O5S/c1-11-5-3-4-6-16(11)20(2)26(24,25)12-7-8-15-13(9-12)17(21)14(10-19-15)18(22)23/h3-10H,1-2H3,(H,19,21)(H,22,23). The van der Waals surface area contributed by atoms with Crippen molar-refractivity contribution >= 4 is 32.6 Å². The predicted molar refractivity (Wildman–Crippen MR) is 98.3 cm³/mol. The van der Waals surface area contributed by atoms with Gasteiger partial charge in [-0.1, -0.05) is 18.2 Å². The molecule has 2 N–H and O–H groups in total. The number of H-pyrrole nitrogens is 1. The molecule has 0 spiro atoms. The van der Waals surface area contributed by atoms with Crippen molar-refractivity contribution < 1.29 is 18.3 Å². The van der Waals surface area contributed by atoms with Crippen LogP contribution in [0.5, 0.6) is 0 Å². The van der Waals surface area contributed by atoms with E-state index >= 15 is 0 Å². The number of sulfonamides is 1. The molecule has 7 nitrogen and oxygen atoms in total. The summed E-state index contributed by atoms with van der Waals surface area (Å²) in [5.74, 6) is -1.38. The minimum Gasteiger partial charge on any atom is -0.477 e. The maximum Gasteiger partial charge on any atom is 0.341 e. The molecule has 1 heterocycles. The van der Waals surface area contributed by atoms with Gasteiger partial charge >= 0.3 is 5.97 Å². The van der Waals surface area contributed by atoms with Gasteiger partial charge in [0.1, 0.15) is 5.56 Å². The molecule has 26 heavy (non-hydrogen) atoms. The Bertz CT molecular complexity index is 1180. The molecular weight excluding hydrogens is 356 g/mol. The molecular formula is C18H16N2O5S. The molecule has 134 valence electrons. The van der Waals surface area contributed by atoms with Crippen LogP contribution in [0.2, 0.25) is 0 Å². The van der Waals surface area contributed by atoms with E-state index in [1.807, 2.05) is 6.07 Å². The molecule has 8 heteroatoms. The number of benzene rings is 2. The van der Waals surface area contributed by atoms with Gasteiger partial charge in [-0.2, -0.15) is 0 Å². The maximum atomic E-state index is 13.0. The number of aromatic amines is 1. The lowest BCUT2D eigenvalue weighted by Crippen LogP contribution is -2.27. The summed E-state index contributed by atoms with van der Waals surface area (Å²) in [6.07, 6.45) is 1.10. The molecule has 0 saturated heterocycles. The number of pyridine rings is 1. The summed E-state index contributed by atoms with van der Waals surface area (Å²) in [6.45, 7) is 1.80. The first kappa shape index (κ1) is 17.7. The highest BCUT2D eigenvalue weighted by molar-refractivity contribution is 7.92. The number of rotatable bonds is 4. The third-order valence-corrected chi connectivity index (χ3v) is 5.96. The van der Waals surface area contributed by atoms with E-state index < -0.39 is 27.0 Å². The number of fused-ring (bicyclic) bond motifs is 1. The Kier molecular flexibility index (Phi) is 4.29. The van der Waals surface area contributed by atoms with Gasteiger partial charge in [-0.15, -0.1) is 0 Å². The van der Waals surface area contributed by atoms with Crippen LogP contribution < -0.4 is 9.73 Å². The molecule has 0 aliphatic carbocycles. The van der Waals surface area contributed by atoms with Crippen molar-refractivity contribution in [1.29, 1.82) is 0 Å². The number of carboxylic acid groups (broad SMARTS) is 1. The Hall–Kier alpha value is -3.13. The first-order chi connectivity index (χ1) is 12.2. The van der Waals surface area contributed by atoms with Gasteiger partial charge in [0.05, 0.1) is 10.6 Å². The molecule has 0 fully saturated rings. The van der Waals surface area contributed by atoms with E-state index in [2.05, 4.69) is 4.98 Å². The SMILES string of the molecule is Cc1ccccc1N(C)S(=O)(=O)c1ccc2[nH]cc(C(=O)O)c(=O)c2c1. The number of nitrogens with one attached hydrogen (secondary N) is 1. The lowest BCUT2D eigenvalue weighted by molar-refractivity contribution is 0.0695.